The number of aromatic nitrogens is 1. The van der Waals surface area contributed by atoms with Crippen LogP contribution in [0.5, 0.6) is 5.75 Å². The molecule has 1 aromatic heterocycles. The monoisotopic (exact) mass is 242 g/mol. The van der Waals surface area contributed by atoms with E-state index in [0.29, 0.717) is 16.7 Å². The third-order valence-corrected chi connectivity index (χ3v) is 2.71. The molecule has 0 spiro atoms. The zero-order valence-corrected chi connectivity index (χ0v) is 10.1. The fourth-order valence-electron chi connectivity index (χ4n) is 1.84. The van der Waals surface area contributed by atoms with Crippen LogP contribution in [0.15, 0.2) is 29.2 Å². The predicted octanol–water partition coefficient (Wildman–Crippen LogP) is 0.301. The number of methoxy groups -OCH3 is 1. The van der Waals surface area contributed by atoms with Gasteiger partial charge in [0.2, 0.25) is 13.4 Å². The van der Waals surface area contributed by atoms with Crippen LogP contribution in [0, 0.1) is 0 Å². The molecule has 2 aromatic rings. The Bertz CT molecular complexity index is 679. The van der Waals surface area contributed by atoms with Crippen LogP contribution in [0.3, 0.4) is 0 Å². The Morgan fingerprint density at radius 2 is 2.17 bits per heavy atom. The summed E-state index contributed by atoms with van der Waals surface area (Å²) in [7, 11) is 8.76. The summed E-state index contributed by atoms with van der Waals surface area (Å²) in [4.78, 5) is 23.7. The molecule has 2 rings (SSSR count). The van der Waals surface area contributed by atoms with Crippen molar-refractivity contribution in [2.75, 3.05) is 14.2 Å². The maximum Gasteiger partial charge on any atom is 0.256 e. The summed E-state index contributed by atoms with van der Waals surface area (Å²) in [6, 6.07) is 4.98. The highest BCUT2D eigenvalue weighted by molar-refractivity contribution is 6.13. The van der Waals surface area contributed by atoms with E-state index in [2.05, 4.69) is 5.32 Å². The Morgan fingerprint density at radius 1 is 1.44 bits per heavy atom. The highest BCUT2D eigenvalue weighted by Gasteiger charge is 2.14. The van der Waals surface area contributed by atoms with Crippen LogP contribution in [0.1, 0.15) is 10.4 Å². The molecule has 1 N–H and O–H groups in total. The van der Waals surface area contributed by atoms with Gasteiger partial charge in [0.15, 0.2) is 0 Å². The number of rotatable bonds is 2. The quantitative estimate of drug-likeness (QED) is 0.770. The van der Waals surface area contributed by atoms with Gasteiger partial charge in [-0.1, -0.05) is 6.07 Å². The predicted molar refractivity (Wildman–Crippen MR) is 69.3 cm³/mol. The van der Waals surface area contributed by atoms with Crippen molar-refractivity contribution < 1.29 is 9.53 Å². The van der Waals surface area contributed by atoms with Gasteiger partial charge < -0.3 is 14.5 Å². The van der Waals surface area contributed by atoms with Gasteiger partial charge in [-0.25, -0.2) is 0 Å². The molecular formula is C12H11BN2O3. The molecule has 0 aliphatic rings. The van der Waals surface area contributed by atoms with E-state index in [4.69, 9.17) is 12.7 Å². The summed E-state index contributed by atoms with van der Waals surface area (Å²) in [5.74, 6) is 0.0134. The third-order valence-electron chi connectivity index (χ3n) is 2.71. The molecular weight excluding hydrogens is 231 g/mol. The van der Waals surface area contributed by atoms with Crippen LogP contribution >= 0.6 is 0 Å². The standard InChI is InChI=1S/C12H11BN2O3/c1-14-12(17)8-6-15(13)10-7(11(8)16)4-3-5-9(10)18-2/h3-6H,1-2H3,(H,14,17). The van der Waals surface area contributed by atoms with E-state index in [0.717, 1.165) is 0 Å². The second kappa shape index (κ2) is 4.56. The first-order chi connectivity index (χ1) is 8.60. The van der Waals surface area contributed by atoms with Crippen molar-refractivity contribution in [2.45, 2.75) is 0 Å². The molecule has 1 amide bonds. The molecule has 90 valence electrons. The molecule has 0 aliphatic heterocycles. The van der Waals surface area contributed by atoms with Crippen molar-refractivity contribution >= 4 is 24.8 Å². The summed E-state index contributed by atoms with van der Waals surface area (Å²) in [6.45, 7) is 0. The van der Waals surface area contributed by atoms with Gasteiger partial charge in [-0.15, -0.1) is 0 Å². The van der Waals surface area contributed by atoms with Crippen molar-refractivity contribution in [3.63, 3.8) is 0 Å². The van der Waals surface area contributed by atoms with E-state index in [1.165, 1.54) is 24.8 Å². The molecule has 0 aliphatic carbocycles. The topological polar surface area (TPSA) is 60.3 Å². The number of benzene rings is 1. The first-order valence-corrected chi connectivity index (χ1v) is 5.29. The van der Waals surface area contributed by atoms with E-state index in [-0.39, 0.29) is 11.0 Å². The van der Waals surface area contributed by atoms with Crippen LogP contribution in [0.2, 0.25) is 0 Å². The Kier molecular flexibility index (Phi) is 3.10. The average molecular weight is 242 g/mol. The van der Waals surface area contributed by atoms with Crippen molar-refractivity contribution in [3.8, 4) is 5.75 Å². The maximum absolute atomic E-state index is 12.2. The molecule has 0 unspecified atom stereocenters. The number of para-hydroxylation sites is 1. The van der Waals surface area contributed by atoms with Crippen molar-refractivity contribution in [3.05, 3.63) is 40.2 Å². The smallest absolute Gasteiger partial charge is 0.256 e. The molecule has 0 fully saturated rings. The second-order valence-corrected chi connectivity index (χ2v) is 3.71. The number of amides is 1. The van der Waals surface area contributed by atoms with Crippen LogP contribution in [0.25, 0.3) is 10.9 Å². The fraction of sp³-hybridized carbons (Fsp3) is 0.167. The van der Waals surface area contributed by atoms with Gasteiger partial charge in [-0.05, 0) is 12.1 Å². The molecule has 5 nitrogen and oxygen atoms in total. The minimum absolute atomic E-state index is 0.000697. The van der Waals surface area contributed by atoms with Crippen molar-refractivity contribution in [1.29, 1.82) is 0 Å². The van der Waals surface area contributed by atoms with Crippen LogP contribution in [-0.4, -0.2) is 32.5 Å². The molecule has 0 atom stereocenters. The number of carbonyl (C=O) groups is 1. The van der Waals surface area contributed by atoms with Crippen molar-refractivity contribution in [1.82, 2.24) is 9.79 Å². The van der Waals surface area contributed by atoms with E-state index in [1.54, 1.807) is 18.2 Å². The van der Waals surface area contributed by atoms with Gasteiger partial charge in [-0.3, -0.25) is 9.59 Å². The first-order valence-electron chi connectivity index (χ1n) is 5.29. The number of fused-ring (bicyclic) bond motifs is 1. The fourth-order valence-corrected chi connectivity index (χ4v) is 1.84. The SMILES string of the molecule is [B]n1cc(C(=O)NC)c(=O)c2cccc(OC)c21. The van der Waals surface area contributed by atoms with Crippen LogP contribution < -0.4 is 15.5 Å². The summed E-state index contributed by atoms with van der Waals surface area (Å²) < 4.78 is 6.37. The van der Waals surface area contributed by atoms with Gasteiger partial charge in [-0.2, -0.15) is 0 Å². The average Bonchev–Trinajstić information content (AvgIpc) is 2.41. The zero-order chi connectivity index (χ0) is 13.3. The Morgan fingerprint density at radius 3 is 2.78 bits per heavy atom. The molecule has 18 heavy (non-hydrogen) atoms. The number of nitrogens with one attached hydrogen (secondary N) is 1. The number of hydrogen-bond acceptors (Lipinski definition) is 3. The molecule has 0 saturated heterocycles. The first kappa shape index (κ1) is 12.2. The maximum atomic E-state index is 12.2. The summed E-state index contributed by atoms with van der Waals surface area (Å²) in [5.41, 5.74) is 0.0864. The van der Waals surface area contributed by atoms with Crippen LogP contribution in [0.4, 0.5) is 0 Å². The van der Waals surface area contributed by atoms with E-state index in [1.807, 2.05) is 0 Å². The Hall–Kier alpha value is -2.24. The van der Waals surface area contributed by atoms with Crippen molar-refractivity contribution in [2.24, 2.45) is 0 Å². The number of carbonyl (C=O) groups excluding carboxylic acids is 1. The van der Waals surface area contributed by atoms with E-state index >= 15 is 0 Å². The van der Waals surface area contributed by atoms with Gasteiger partial charge in [0.1, 0.15) is 11.3 Å². The minimum atomic E-state index is -0.469. The van der Waals surface area contributed by atoms with Gasteiger partial charge in [0.05, 0.1) is 12.6 Å². The highest BCUT2D eigenvalue weighted by Crippen LogP contribution is 2.22. The molecule has 0 bridgehead atoms. The zero-order valence-electron chi connectivity index (χ0n) is 10.1. The summed E-state index contributed by atoms with van der Waals surface area (Å²) in [6.07, 6.45) is 1.30. The normalized spacial score (nSPS) is 10.3. The summed E-state index contributed by atoms with van der Waals surface area (Å²) >= 11 is 0. The lowest BCUT2D eigenvalue weighted by Crippen LogP contribution is -2.27. The Labute approximate surface area is 105 Å². The molecule has 6 heteroatoms. The lowest BCUT2D eigenvalue weighted by atomic mass is 10.1. The molecule has 1 heterocycles. The highest BCUT2D eigenvalue weighted by atomic mass is 16.5. The largest absolute Gasteiger partial charge is 0.495 e. The minimum Gasteiger partial charge on any atom is -0.495 e. The number of hydrogen-bond donors (Lipinski definition) is 1. The third kappa shape index (κ3) is 1.75. The molecule has 2 radical (unpaired) electrons. The van der Waals surface area contributed by atoms with Gasteiger partial charge >= 0.3 is 0 Å². The molecule has 0 saturated carbocycles. The van der Waals surface area contributed by atoms with Crippen LogP contribution in [-0.2, 0) is 0 Å². The second-order valence-electron chi connectivity index (χ2n) is 3.71. The number of pyridine rings is 1. The summed E-state index contributed by atoms with van der Waals surface area (Å²) in [5, 5.41) is 2.75. The Balaban J connectivity index is 2.89. The van der Waals surface area contributed by atoms with E-state index < -0.39 is 5.91 Å². The lowest BCUT2D eigenvalue weighted by Gasteiger charge is -2.12. The number of ether oxygens (including phenoxy) is 1. The van der Waals surface area contributed by atoms with E-state index in [9.17, 15) is 9.59 Å². The molecule has 1 aromatic carbocycles. The number of nitrogens with zero attached hydrogens (tertiary/aromatic N) is 1. The van der Waals surface area contributed by atoms with Gasteiger partial charge in [0.25, 0.3) is 5.91 Å². The van der Waals surface area contributed by atoms with Gasteiger partial charge in [0, 0.05) is 18.6 Å². The lowest BCUT2D eigenvalue weighted by molar-refractivity contribution is 0.0962.